The highest BCUT2D eigenvalue weighted by Gasteiger charge is 2.58. The molecule has 2 aliphatic rings. The molecule has 0 bridgehead atoms. The van der Waals surface area contributed by atoms with Gasteiger partial charge in [-0.2, -0.15) is 0 Å². The molecule has 5 nitrogen and oxygen atoms in total. The normalized spacial score (nSPS) is 33.9. The van der Waals surface area contributed by atoms with Gasteiger partial charge in [-0.25, -0.2) is 0 Å². The van der Waals surface area contributed by atoms with Crippen LogP contribution in [0.2, 0.25) is 0 Å². The number of aliphatic hydroxyl groups excluding tert-OH is 2. The third kappa shape index (κ3) is 4.73. The summed E-state index contributed by atoms with van der Waals surface area (Å²) in [6.45, 7) is 4.56. The predicted octanol–water partition coefficient (Wildman–Crippen LogP) is 3.82. The third-order valence-electron chi connectivity index (χ3n) is 6.68. The molecule has 0 aliphatic heterocycles. The van der Waals surface area contributed by atoms with Gasteiger partial charge in [-0.05, 0) is 48.6 Å². The van der Waals surface area contributed by atoms with E-state index in [2.05, 4.69) is 19.9 Å². The quantitative estimate of drug-likeness (QED) is 0.578. The molecule has 2 aliphatic carbocycles. The molecule has 2 unspecified atom stereocenters. The number of aliphatic hydroxyl groups is 2. The molecule has 0 aromatic heterocycles. The van der Waals surface area contributed by atoms with Gasteiger partial charge in [0.05, 0.1) is 6.10 Å². The molecule has 3 rings (SSSR count). The van der Waals surface area contributed by atoms with Crippen LogP contribution in [0.25, 0.3) is 0 Å². The minimum atomic E-state index is -0.776. The first-order valence-corrected chi connectivity index (χ1v) is 10.5. The second-order valence-corrected chi connectivity index (χ2v) is 8.58. The first kappa shape index (κ1) is 21.6. The second-order valence-electron chi connectivity index (χ2n) is 8.58. The number of carboxylic acid groups (broad SMARTS) is 1. The van der Waals surface area contributed by atoms with Crippen LogP contribution in [0.3, 0.4) is 0 Å². The maximum atomic E-state index is 10.8. The van der Waals surface area contributed by atoms with E-state index in [4.69, 9.17) is 9.84 Å². The highest BCUT2D eigenvalue weighted by molar-refractivity contribution is 5.66. The maximum Gasteiger partial charge on any atom is 0.303 e. The number of rotatable bonds is 8. The van der Waals surface area contributed by atoms with Gasteiger partial charge in [0.1, 0.15) is 18.5 Å². The zero-order valence-electron chi connectivity index (χ0n) is 17.2. The van der Waals surface area contributed by atoms with Crippen molar-refractivity contribution in [3.05, 3.63) is 54.1 Å². The zero-order valence-corrected chi connectivity index (χ0v) is 17.2. The Labute approximate surface area is 172 Å². The summed E-state index contributed by atoms with van der Waals surface area (Å²) in [5, 5.41) is 29.8. The molecule has 2 fully saturated rings. The molecule has 3 N–H and O–H groups in total. The van der Waals surface area contributed by atoms with Crippen molar-refractivity contribution >= 4 is 5.97 Å². The van der Waals surface area contributed by atoms with E-state index >= 15 is 0 Å². The van der Waals surface area contributed by atoms with Crippen molar-refractivity contribution in [2.24, 2.45) is 23.2 Å². The zero-order chi connectivity index (χ0) is 21.0. The number of fused-ring (bicyclic) bond motifs is 1. The standard InChI is InChI=1S/C24H32O5/c1-16-20(9-6-10-22(27)28)24(2)14-13-21(26)19(23(16)24)12-11-17(25)15-29-18-7-4-3-5-8-18/h3-5,7-9,11-12,16-17,19,21,23,25-26H,6,10,13-15H2,1-2H3,(H,27,28)/t16?,17?,19-,21+,23+,24+/m1/s1. The van der Waals surface area contributed by atoms with E-state index in [0.29, 0.717) is 30.4 Å². The van der Waals surface area contributed by atoms with Crippen LogP contribution in [0.4, 0.5) is 0 Å². The van der Waals surface area contributed by atoms with Crippen LogP contribution in [0.1, 0.15) is 39.5 Å². The highest BCUT2D eigenvalue weighted by atomic mass is 16.5. The van der Waals surface area contributed by atoms with E-state index in [0.717, 1.165) is 6.42 Å². The lowest BCUT2D eigenvalue weighted by Gasteiger charge is -2.61. The molecule has 1 aromatic carbocycles. The molecule has 29 heavy (non-hydrogen) atoms. The van der Waals surface area contributed by atoms with Crippen LogP contribution < -0.4 is 4.74 Å². The fourth-order valence-electron chi connectivity index (χ4n) is 5.34. The third-order valence-corrected chi connectivity index (χ3v) is 6.68. The number of carbonyl (C=O) groups is 1. The monoisotopic (exact) mass is 400 g/mol. The van der Waals surface area contributed by atoms with Crippen LogP contribution >= 0.6 is 0 Å². The Morgan fingerprint density at radius 3 is 2.76 bits per heavy atom. The number of hydrogen-bond acceptors (Lipinski definition) is 4. The minimum absolute atomic E-state index is 0.00233. The lowest BCUT2D eigenvalue weighted by atomic mass is 9.43. The van der Waals surface area contributed by atoms with Crippen LogP contribution in [-0.4, -0.2) is 40.1 Å². The summed E-state index contributed by atoms with van der Waals surface area (Å²) in [6.07, 6.45) is 6.94. The Balaban J connectivity index is 1.63. The van der Waals surface area contributed by atoms with Crippen LogP contribution in [0.5, 0.6) is 5.75 Å². The first-order chi connectivity index (χ1) is 13.8. The molecule has 6 atom stereocenters. The van der Waals surface area contributed by atoms with Crippen molar-refractivity contribution in [1.29, 1.82) is 0 Å². The Kier molecular flexibility index (Phi) is 6.81. The SMILES string of the molecule is CC1C(=CCCC(=O)O)[C@]2(C)CC[C@H](O)[C@@H](C=CC(O)COc3ccccc3)[C@H]12. The number of allylic oxidation sites excluding steroid dienone is 2. The highest BCUT2D eigenvalue weighted by Crippen LogP contribution is 2.64. The molecule has 5 heteroatoms. The minimum Gasteiger partial charge on any atom is -0.491 e. The van der Waals surface area contributed by atoms with E-state index in [-0.39, 0.29) is 24.4 Å². The lowest BCUT2D eigenvalue weighted by molar-refractivity contribution is -0.136. The molecule has 1 aromatic rings. The van der Waals surface area contributed by atoms with Crippen molar-refractivity contribution in [1.82, 2.24) is 0 Å². The van der Waals surface area contributed by atoms with Crippen LogP contribution in [0.15, 0.2) is 54.1 Å². The van der Waals surface area contributed by atoms with Crippen molar-refractivity contribution in [2.75, 3.05) is 6.61 Å². The van der Waals surface area contributed by atoms with Gasteiger partial charge in [-0.1, -0.05) is 55.8 Å². The molecule has 0 saturated heterocycles. The Morgan fingerprint density at radius 1 is 1.34 bits per heavy atom. The summed E-state index contributed by atoms with van der Waals surface area (Å²) in [7, 11) is 0. The average Bonchev–Trinajstić information content (AvgIpc) is 2.70. The topological polar surface area (TPSA) is 87.0 Å². The Morgan fingerprint density at radius 2 is 2.07 bits per heavy atom. The number of ether oxygens (including phenoxy) is 1. The van der Waals surface area contributed by atoms with Crippen molar-refractivity contribution in [3.8, 4) is 5.75 Å². The smallest absolute Gasteiger partial charge is 0.303 e. The van der Waals surface area contributed by atoms with Gasteiger partial charge in [-0.15, -0.1) is 0 Å². The molecule has 0 heterocycles. The first-order valence-electron chi connectivity index (χ1n) is 10.5. The summed E-state index contributed by atoms with van der Waals surface area (Å²) < 4.78 is 5.60. The van der Waals surface area contributed by atoms with Crippen molar-refractivity contribution < 1.29 is 24.9 Å². The fraction of sp³-hybridized carbons (Fsp3) is 0.542. The van der Waals surface area contributed by atoms with Crippen LogP contribution in [0, 0.1) is 23.2 Å². The number of carboxylic acids is 1. The van der Waals surface area contributed by atoms with Gasteiger partial charge in [0.2, 0.25) is 0 Å². The van der Waals surface area contributed by atoms with Gasteiger partial charge >= 0.3 is 5.97 Å². The van der Waals surface area contributed by atoms with Crippen molar-refractivity contribution in [2.45, 2.75) is 51.7 Å². The average molecular weight is 401 g/mol. The molecular formula is C24H32O5. The predicted molar refractivity (Wildman–Crippen MR) is 112 cm³/mol. The van der Waals surface area contributed by atoms with Gasteiger partial charge in [0.25, 0.3) is 0 Å². The Bertz CT molecular complexity index is 756. The summed E-state index contributed by atoms with van der Waals surface area (Å²) in [5.41, 5.74) is 1.32. The fourth-order valence-corrected chi connectivity index (χ4v) is 5.34. The lowest BCUT2D eigenvalue weighted by Crippen LogP contribution is -2.56. The van der Waals surface area contributed by atoms with Gasteiger partial charge in [0.15, 0.2) is 0 Å². The van der Waals surface area contributed by atoms with E-state index in [1.165, 1.54) is 5.57 Å². The number of hydrogen-bond donors (Lipinski definition) is 3. The summed E-state index contributed by atoms with van der Waals surface area (Å²) >= 11 is 0. The largest absolute Gasteiger partial charge is 0.491 e. The van der Waals surface area contributed by atoms with E-state index in [9.17, 15) is 15.0 Å². The van der Waals surface area contributed by atoms with Gasteiger partial charge in [-0.3, -0.25) is 4.79 Å². The van der Waals surface area contributed by atoms with E-state index in [1.54, 1.807) is 6.08 Å². The van der Waals surface area contributed by atoms with Gasteiger partial charge in [0, 0.05) is 12.3 Å². The van der Waals surface area contributed by atoms with Crippen molar-refractivity contribution in [3.63, 3.8) is 0 Å². The molecule has 158 valence electrons. The summed E-state index contributed by atoms with van der Waals surface area (Å²) in [6, 6.07) is 9.38. The van der Waals surface area contributed by atoms with E-state index < -0.39 is 18.2 Å². The Hall–Kier alpha value is -2.11. The molecular weight excluding hydrogens is 368 g/mol. The summed E-state index contributed by atoms with van der Waals surface area (Å²) in [5.74, 6) is 0.514. The van der Waals surface area contributed by atoms with Gasteiger partial charge < -0.3 is 20.1 Å². The molecule has 2 saturated carbocycles. The maximum absolute atomic E-state index is 10.8. The number of aliphatic carboxylic acids is 1. The molecule has 0 spiro atoms. The molecule has 0 amide bonds. The summed E-state index contributed by atoms with van der Waals surface area (Å²) in [4.78, 5) is 10.8. The number of para-hydroxylation sites is 1. The van der Waals surface area contributed by atoms with E-state index in [1.807, 2.05) is 36.4 Å². The second kappa shape index (κ2) is 9.14. The number of benzene rings is 1. The molecule has 0 radical (unpaired) electrons. The van der Waals surface area contributed by atoms with Crippen LogP contribution in [-0.2, 0) is 4.79 Å².